The van der Waals surface area contributed by atoms with Crippen molar-refractivity contribution in [3.05, 3.63) is 59.4 Å². The minimum absolute atomic E-state index is 0.352. The molecule has 1 heterocycles. The lowest BCUT2D eigenvalue weighted by Gasteiger charge is -2.39. The Morgan fingerprint density at radius 1 is 1.07 bits per heavy atom. The molecule has 6 heteroatoms. The van der Waals surface area contributed by atoms with E-state index in [2.05, 4.69) is 4.90 Å². The Hall–Kier alpha value is -2.15. The second kappa shape index (κ2) is 8.25. The van der Waals surface area contributed by atoms with E-state index in [1.54, 1.807) is 44.6 Å². The molecular weight excluding hydrogens is 349 g/mol. The number of aliphatic hydroxyl groups is 2. The van der Waals surface area contributed by atoms with Crippen LogP contribution in [0.25, 0.3) is 0 Å². The molecule has 2 aromatic carbocycles. The molecule has 1 aliphatic heterocycles. The third-order valence-electron chi connectivity index (χ3n) is 5.28. The maximum Gasteiger partial charge on any atom is 0.161 e. The van der Waals surface area contributed by atoms with Crippen molar-refractivity contribution in [3.8, 4) is 11.5 Å². The van der Waals surface area contributed by atoms with Gasteiger partial charge in [0.15, 0.2) is 11.5 Å². The van der Waals surface area contributed by atoms with Gasteiger partial charge in [0.05, 0.1) is 25.9 Å². The molecule has 0 bridgehead atoms. The largest absolute Gasteiger partial charge is 0.493 e. The van der Waals surface area contributed by atoms with Gasteiger partial charge in [-0.05, 0) is 36.6 Å². The fraction of sp³-hybridized carbons (Fsp3) is 0.429. The zero-order valence-electron chi connectivity index (χ0n) is 15.7. The van der Waals surface area contributed by atoms with Gasteiger partial charge in [0.25, 0.3) is 0 Å². The lowest BCUT2D eigenvalue weighted by molar-refractivity contribution is -0.0367. The summed E-state index contributed by atoms with van der Waals surface area (Å²) < 4.78 is 24.6. The van der Waals surface area contributed by atoms with Gasteiger partial charge in [-0.3, -0.25) is 0 Å². The van der Waals surface area contributed by atoms with Crippen LogP contribution in [0, 0.1) is 5.82 Å². The Kier molecular flexibility index (Phi) is 5.99. The van der Waals surface area contributed by atoms with Gasteiger partial charge < -0.3 is 24.6 Å². The van der Waals surface area contributed by atoms with E-state index >= 15 is 0 Å². The van der Waals surface area contributed by atoms with Gasteiger partial charge in [-0.2, -0.15) is 0 Å². The molecule has 0 aliphatic carbocycles. The van der Waals surface area contributed by atoms with Gasteiger partial charge in [-0.15, -0.1) is 0 Å². The summed E-state index contributed by atoms with van der Waals surface area (Å²) >= 11 is 0. The summed E-state index contributed by atoms with van der Waals surface area (Å²) in [5.41, 5.74) is -0.0662. The van der Waals surface area contributed by atoms with Crippen LogP contribution in [0.15, 0.2) is 42.5 Å². The number of piperidine rings is 1. The van der Waals surface area contributed by atoms with E-state index in [9.17, 15) is 14.6 Å². The molecule has 1 aliphatic rings. The molecule has 27 heavy (non-hydrogen) atoms. The van der Waals surface area contributed by atoms with Crippen LogP contribution in [0.2, 0.25) is 0 Å². The second-order valence-corrected chi connectivity index (χ2v) is 6.94. The van der Waals surface area contributed by atoms with Crippen molar-refractivity contribution in [2.75, 3.05) is 33.9 Å². The van der Waals surface area contributed by atoms with E-state index in [1.165, 1.54) is 6.07 Å². The van der Waals surface area contributed by atoms with Gasteiger partial charge in [0, 0.05) is 25.2 Å². The van der Waals surface area contributed by atoms with E-state index < -0.39 is 11.7 Å². The highest BCUT2D eigenvalue weighted by Gasteiger charge is 2.36. The lowest BCUT2D eigenvalue weighted by Crippen LogP contribution is -2.44. The van der Waals surface area contributed by atoms with Gasteiger partial charge in [0.1, 0.15) is 5.82 Å². The third-order valence-corrected chi connectivity index (χ3v) is 5.28. The molecule has 0 aromatic heterocycles. The van der Waals surface area contributed by atoms with Crippen LogP contribution in [-0.4, -0.2) is 49.0 Å². The minimum Gasteiger partial charge on any atom is -0.493 e. The van der Waals surface area contributed by atoms with Crippen molar-refractivity contribution >= 4 is 0 Å². The number of halogens is 1. The van der Waals surface area contributed by atoms with E-state index in [1.807, 2.05) is 6.07 Å². The first-order chi connectivity index (χ1) is 13.0. The first-order valence-electron chi connectivity index (χ1n) is 9.06. The molecule has 1 saturated heterocycles. The van der Waals surface area contributed by atoms with Crippen molar-refractivity contribution < 1.29 is 24.1 Å². The number of nitrogens with zero attached hydrogens (tertiary/aromatic N) is 1. The topological polar surface area (TPSA) is 62.2 Å². The molecule has 0 spiro atoms. The number of benzene rings is 2. The highest BCUT2D eigenvalue weighted by atomic mass is 19.1. The van der Waals surface area contributed by atoms with Gasteiger partial charge in [0.2, 0.25) is 0 Å². The van der Waals surface area contributed by atoms with Crippen molar-refractivity contribution in [3.63, 3.8) is 0 Å². The second-order valence-electron chi connectivity index (χ2n) is 6.94. The number of ether oxygens (including phenoxy) is 2. The van der Waals surface area contributed by atoms with Crippen LogP contribution in [0.4, 0.5) is 4.39 Å². The molecule has 0 saturated carbocycles. The smallest absolute Gasteiger partial charge is 0.161 e. The van der Waals surface area contributed by atoms with Crippen LogP contribution < -0.4 is 9.47 Å². The average molecular weight is 375 g/mol. The summed E-state index contributed by atoms with van der Waals surface area (Å²) in [6, 6.07) is 11.7. The molecule has 2 aromatic rings. The quantitative estimate of drug-likeness (QED) is 0.813. The number of methoxy groups -OCH3 is 2. The summed E-state index contributed by atoms with van der Waals surface area (Å²) in [5.74, 6) is 0.807. The fourth-order valence-corrected chi connectivity index (χ4v) is 3.62. The molecule has 1 fully saturated rings. The molecule has 146 valence electrons. The molecule has 0 amide bonds. The fourth-order valence-electron chi connectivity index (χ4n) is 3.62. The molecule has 3 rings (SSSR count). The Morgan fingerprint density at radius 3 is 2.37 bits per heavy atom. The van der Waals surface area contributed by atoms with Crippen molar-refractivity contribution in [1.82, 2.24) is 4.90 Å². The summed E-state index contributed by atoms with van der Waals surface area (Å²) in [6.45, 7) is 1.59. The van der Waals surface area contributed by atoms with E-state index in [-0.39, 0.29) is 5.82 Å². The Labute approximate surface area is 159 Å². The predicted molar refractivity (Wildman–Crippen MR) is 100 cm³/mol. The molecule has 1 atom stereocenters. The van der Waals surface area contributed by atoms with Crippen LogP contribution in [0.5, 0.6) is 11.5 Å². The predicted octanol–water partition coefficient (Wildman–Crippen LogP) is 2.86. The van der Waals surface area contributed by atoms with Crippen LogP contribution in [-0.2, 0) is 5.60 Å². The monoisotopic (exact) mass is 375 g/mol. The Balaban J connectivity index is 1.63. The minimum atomic E-state index is -1.16. The zero-order chi connectivity index (χ0) is 19.4. The standard InChI is InChI=1S/C21H26FNO4/c1-26-19-8-7-15(13-20(19)27-2)18(24)14-23-11-9-21(25,10-12-23)16-5-3-4-6-17(16)22/h3-8,13,18,24-25H,9-12,14H2,1-2H3. The van der Waals surface area contributed by atoms with E-state index in [0.717, 1.165) is 5.56 Å². The molecular formula is C21H26FNO4. The highest BCUT2D eigenvalue weighted by Crippen LogP contribution is 2.35. The Morgan fingerprint density at radius 2 is 1.74 bits per heavy atom. The highest BCUT2D eigenvalue weighted by molar-refractivity contribution is 5.43. The van der Waals surface area contributed by atoms with Gasteiger partial charge in [-0.25, -0.2) is 4.39 Å². The average Bonchev–Trinajstić information content (AvgIpc) is 2.69. The first kappa shape index (κ1) is 19.6. The van der Waals surface area contributed by atoms with E-state index in [0.29, 0.717) is 49.5 Å². The summed E-state index contributed by atoms with van der Waals surface area (Å²) in [5, 5.41) is 21.4. The number of β-amino-alcohol motifs (C(OH)–C–C–N with tert-alkyl or cyclic N) is 1. The number of likely N-dealkylation sites (tertiary alicyclic amines) is 1. The first-order valence-corrected chi connectivity index (χ1v) is 9.06. The Bertz CT molecular complexity index is 775. The van der Waals surface area contributed by atoms with Gasteiger partial charge >= 0.3 is 0 Å². The van der Waals surface area contributed by atoms with Crippen LogP contribution >= 0.6 is 0 Å². The normalized spacial score (nSPS) is 18.1. The number of aliphatic hydroxyl groups excluding tert-OH is 1. The maximum absolute atomic E-state index is 14.0. The molecule has 0 radical (unpaired) electrons. The van der Waals surface area contributed by atoms with E-state index in [4.69, 9.17) is 9.47 Å². The number of rotatable bonds is 6. The lowest BCUT2D eigenvalue weighted by atomic mass is 9.84. The van der Waals surface area contributed by atoms with Crippen LogP contribution in [0.1, 0.15) is 30.1 Å². The van der Waals surface area contributed by atoms with Crippen molar-refractivity contribution in [1.29, 1.82) is 0 Å². The molecule has 1 unspecified atom stereocenters. The number of hydrogen-bond donors (Lipinski definition) is 2. The molecule has 2 N–H and O–H groups in total. The summed E-state index contributed by atoms with van der Waals surface area (Å²) in [6.07, 6.45) is 0.156. The summed E-state index contributed by atoms with van der Waals surface area (Å²) in [7, 11) is 3.13. The van der Waals surface area contributed by atoms with Crippen LogP contribution in [0.3, 0.4) is 0 Å². The zero-order valence-corrected chi connectivity index (χ0v) is 15.7. The van der Waals surface area contributed by atoms with Gasteiger partial charge in [-0.1, -0.05) is 24.3 Å². The summed E-state index contributed by atoms with van der Waals surface area (Å²) in [4.78, 5) is 2.08. The SMILES string of the molecule is COc1ccc(C(O)CN2CCC(O)(c3ccccc3F)CC2)cc1OC. The van der Waals surface area contributed by atoms with Crippen molar-refractivity contribution in [2.24, 2.45) is 0 Å². The maximum atomic E-state index is 14.0. The van der Waals surface area contributed by atoms with Crippen molar-refractivity contribution in [2.45, 2.75) is 24.5 Å². The number of hydrogen-bond acceptors (Lipinski definition) is 5. The third kappa shape index (κ3) is 4.24. The molecule has 5 nitrogen and oxygen atoms in total.